The Hall–Kier alpha value is -0.610. The number of nitrogens with zero attached hydrogens (tertiary/aromatic N) is 1. The van der Waals surface area contributed by atoms with Crippen molar-refractivity contribution in [2.24, 2.45) is 0 Å². The minimum atomic E-state index is -0.143. The number of likely N-dealkylation sites (tertiary alicyclic amines) is 1. The largest absolute Gasteiger partial charge is 0.468 e. The van der Waals surface area contributed by atoms with Gasteiger partial charge in [-0.15, -0.1) is 0 Å². The minimum Gasteiger partial charge on any atom is -0.468 e. The molecule has 0 aliphatic carbocycles. The van der Waals surface area contributed by atoms with Crippen molar-refractivity contribution in [3.8, 4) is 0 Å². The fourth-order valence-corrected chi connectivity index (χ4v) is 2.61. The number of hydrogen-bond donors (Lipinski definition) is 1. The first-order chi connectivity index (χ1) is 9.27. The molecular weight excluding hydrogens is 240 g/mol. The van der Waals surface area contributed by atoms with Gasteiger partial charge in [-0.2, -0.15) is 0 Å². The summed E-state index contributed by atoms with van der Waals surface area (Å²) in [4.78, 5) is 14.2. The van der Waals surface area contributed by atoms with Gasteiger partial charge in [0.2, 0.25) is 0 Å². The van der Waals surface area contributed by atoms with E-state index >= 15 is 0 Å². The van der Waals surface area contributed by atoms with Gasteiger partial charge in [-0.05, 0) is 45.3 Å². The molecule has 0 radical (unpaired) electrons. The highest BCUT2D eigenvalue weighted by molar-refractivity contribution is 5.75. The number of hydrogen-bond acceptors (Lipinski definition) is 4. The van der Waals surface area contributed by atoms with Crippen molar-refractivity contribution in [3.63, 3.8) is 0 Å². The fraction of sp³-hybridized carbons (Fsp3) is 0.933. The van der Waals surface area contributed by atoms with Gasteiger partial charge in [0.1, 0.15) is 6.04 Å². The Morgan fingerprint density at radius 2 is 1.84 bits per heavy atom. The Labute approximate surface area is 117 Å². The highest BCUT2D eigenvalue weighted by Crippen LogP contribution is 2.11. The van der Waals surface area contributed by atoms with Crippen LogP contribution in [0.2, 0.25) is 0 Å². The van der Waals surface area contributed by atoms with Gasteiger partial charge in [-0.25, -0.2) is 0 Å². The molecule has 0 aromatic carbocycles. The van der Waals surface area contributed by atoms with Crippen molar-refractivity contribution >= 4 is 5.97 Å². The zero-order valence-corrected chi connectivity index (χ0v) is 12.6. The molecule has 1 N–H and O–H groups in total. The first-order valence-electron chi connectivity index (χ1n) is 7.81. The number of carbonyl (C=O) groups excluding carboxylic acids is 1. The molecule has 0 bridgehead atoms. The second kappa shape index (κ2) is 10.2. The zero-order chi connectivity index (χ0) is 13.9. The summed E-state index contributed by atoms with van der Waals surface area (Å²) in [5.41, 5.74) is 0. The average Bonchev–Trinajstić information content (AvgIpc) is 2.39. The highest BCUT2D eigenvalue weighted by atomic mass is 16.5. The molecule has 1 rings (SSSR count). The number of rotatable bonds is 7. The summed E-state index contributed by atoms with van der Waals surface area (Å²) >= 11 is 0. The normalized spacial score (nSPS) is 19.5. The summed E-state index contributed by atoms with van der Waals surface area (Å²) in [6, 6.07) is -0.143. The summed E-state index contributed by atoms with van der Waals surface area (Å²) in [7, 11) is 1.47. The molecule has 1 atom stereocenters. The van der Waals surface area contributed by atoms with Crippen molar-refractivity contribution in [1.29, 1.82) is 0 Å². The Morgan fingerprint density at radius 1 is 1.21 bits per heavy atom. The van der Waals surface area contributed by atoms with Crippen LogP contribution < -0.4 is 5.32 Å². The van der Waals surface area contributed by atoms with E-state index in [1.807, 2.05) is 0 Å². The van der Waals surface area contributed by atoms with Crippen LogP contribution in [-0.2, 0) is 9.53 Å². The van der Waals surface area contributed by atoms with E-state index in [2.05, 4.69) is 17.1 Å². The van der Waals surface area contributed by atoms with E-state index in [0.717, 1.165) is 25.9 Å². The number of methoxy groups -OCH3 is 1. The SMILES string of the molecule is CCCNC(CCN1CCCCCCC1)C(=O)OC. The third-order valence-electron chi connectivity index (χ3n) is 3.81. The first kappa shape index (κ1) is 16.4. The lowest BCUT2D eigenvalue weighted by Gasteiger charge is -2.26. The van der Waals surface area contributed by atoms with E-state index in [1.165, 1.54) is 52.3 Å². The number of nitrogens with one attached hydrogen (secondary N) is 1. The number of esters is 1. The molecule has 1 aliphatic heterocycles. The lowest BCUT2D eigenvalue weighted by atomic mass is 10.1. The standard InChI is InChI=1S/C15H30N2O2/c1-3-10-16-14(15(18)19-2)9-13-17-11-7-5-4-6-8-12-17/h14,16H,3-13H2,1-2H3. The Bertz CT molecular complexity index is 238. The molecule has 4 heteroatoms. The summed E-state index contributed by atoms with van der Waals surface area (Å²) in [6.45, 7) is 6.35. The van der Waals surface area contributed by atoms with Gasteiger partial charge < -0.3 is 15.0 Å². The van der Waals surface area contributed by atoms with E-state index in [4.69, 9.17) is 4.74 Å². The summed E-state index contributed by atoms with van der Waals surface area (Å²) < 4.78 is 4.87. The maximum absolute atomic E-state index is 11.7. The molecular formula is C15H30N2O2. The minimum absolute atomic E-state index is 0.125. The monoisotopic (exact) mass is 270 g/mol. The van der Waals surface area contributed by atoms with E-state index in [9.17, 15) is 4.79 Å². The van der Waals surface area contributed by atoms with Gasteiger partial charge in [0.05, 0.1) is 7.11 Å². The predicted octanol–water partition coefficient (Wildman–Crippen LogP) is 2.18. The predicted molar refractivity (Wildman–Crippen MR) is 78.2 cm³/mol. The van der Waals surface area contributed by atoms with Crippen molar-refractivity contribution in [2.45, 2.75) is 57.9 Å². The van der Waals surface area contributed by atoms with Gasteiger partial charge in [0, 0.05) is 6.54 Å². The maximum atomic E-state index is 11.7. The van der Waals surface area contributed by atoms with Gasteiger partial charge in [0.25, 0.3) is 0 Å². The van der Waals surface area contributed by atoms with Crippen LogP contribution in [0.5, 0.6) is 0 Å². The second-order valence-corrected chi connectivity index (χ2v) is 5.43. The van der Waals surface area contributed by atoms with Gasteiger partial charge in [0.15, 0.2) is 0 Å². The number of carbonyl (C=O) groups is 1. The first-order valence-corrected chi connectivity index (χ1v) is 7.81. The van der Waals surface area contributed by atoms with Crippen LogP contribution in [0.3, 0.4) is 0 Å². The molecule has 1 saturated heterocycles. The molecule has 0 aromatic heterocycles. The molecule has 19 heavy (non-hydrogen) atoms. The quantitative estimate of drug-likeness (QED) is 0.720. The molecule has 0 aromatic rings. The average molecular weight is 270 g/mol. The molecule has 0 spiro atoms. The zero-order valence-electron chi connectivity index (χ0n) is 12.6. The van der Waals surface area contributed by atoms with Crippen molar-refractivity contribution in [3.05, 3.63) is 0 Å². The van der Waals surface area contributed by atoms with Gasteiger partial charge in [-0.1, -0.05) is 26.2 Å². The number of ether oxygens (including phenoxy) is 1. The second-order valence-electron chi connectivity index (χ2n) is 5.43. The van der Waals surface area contributed by atoms with Crippen LogP contribution in [0.4, 0.5) is 0 Å². The van der Waals surface area contributed by atoms with Crippen LogP contribution in [0.15, 0.2) is 0 Å². The lowest BCUT2D eigenvalue weighted by Crippen LogP contribution is -2.41. The van der Waals surface area contributed by atoms with E-state index in [-0.39, 0.29) is 12.0 Å². The van der Waals surface area contributed by atoms with Crippen LogP contribution >= 0.6 is 0 Å². The van der Waals surface area contributed by atoms with Gasteiger partial charge >= 0.3 is 5.97 Å². The third kappa shape index (κ3) is 6.92. The van der Waals surface area contributed by atoms with Crippen LogP contribution in [0.25, 0.3) is 0 Å². The van der Waals surface area contributed by atoms with E-state index < -0.39 is 0 Å². The van der Waals surface area contributed by atoms with Crippen LogP contribution in [0, 0.1) is 0 Å². The third-order valence-corrected chi connectivity index (χ3v) is 3.81. The van der Waals surface area contributed by atoms with Crippen molar-refractivity contribution < 1.29 is 9.53 Å². The Kier molecular flexibility index (Phi) is 8.84. The summed E-state index contributed by atoms with van der Waals surface area (Å²) in [5.74, 6) is -0.125. The van der Waals surface area contributed by atoms with E-state index in [0.29, 0.717) is 0 Å². The molecule has 1 aliphatic rings. The summed E-state index contributed by atoms with van der Waals surface area (Å²) in [6.07, 6.45) is 8.58. The van der Waals surface area contributed by atoms with Crippen LogP contribution in [0.1, 0.15) is 51.9 Å². The maximum Gasteiger partial charge on any atom is 0.322 e. The molecule has 1 heterocycles. The van der Waals surface area contributed by atoms with Crippen molar-refractivity contribution in [1.82, 2.24) is 10.2 Å². The molecule has 1 fully saturated rings. The van der Waals surface area contributed by atoms with Crippen LogP contribution in [-0.4, -0.2) is 50.2 Å². The fourth-order valence-electron chi connectivity index (χ4n) is 2.61. The van der Waals surface area contributed by atoms with E-state index in [1.54, 1.807) is 0 Å². The molecule has 112 valence electrons. The molecule has 0 amide bonds. The summed E-state index contributed by atoms with van der Waals surface area (Å²) in [5, 5.41) is 3.29. The molecule has 4 nitrogen and oxygen atoms in total. The Balaban J connectivity index is 2.33. The Morgan fingerprint density at radius 3 is 2.42 bits per heavy atom. The molecule has 0 saturated carbocycles. The van der Waals surface area contributed by atoms with Crippen molar-refractivity contribution in [2.75, 3.05) is 33.3 Å². The van der Waals surface area contributed by atoms with Gasteiger partial charge in [-0.3, -0.25) is 4.79 Å². The lowest BCUT2D eigenvalue weighted by molar-refractivity contribution is -0.143. The smallest absolute Gasteiger partial charge is 0.322 e. The molecule has 1 unspecified atom stereocenters. The topological polar surface area (TPSA) is 41.6 Å². The highest BCUT2D eigenvalue weighted by Gasteiger charge is 2.19.